The number of carbonyl (C=O) groups is 1. The normalized spacial score (nSPS) is 13.2. The van der Waals surface area contributed by atoms with Crippen molar-refractivity contribution in [3.05, 3.63) is 17.7 Å². The van der Waals surface area contributed by atoms with Crippen molar-refractivity contribution in [2.75, 3.05) is 25.7 Å². The van der Waals surface area contributed by atoms with Crippen molar-refractivity contribution in [1.29, 1.82) is 0 Å². The van der Waals surface area contributed by atoms with Crippen molar-refractivity contribution < 1.29 is 19.0 Å². The molecule has 0 N–H and O–H groups in total. The van der Waals surface area contributed by atoms with Crippen LogP contribution in [0.25, 0.3) is 0 Å². The first-order valence-electron chi connectivity index (χ1n) is 5.86. The van der Waals surface area contributed by atoms with Crippen LogP contribution in [-0.2, 0) is 0 Å². The van der Waals surface area contributed by atoms with Gasteiger partial charge in [-0.05, 0) is 25.5 Å². The SMILES string of the molecule is CC(=O)c1ccc(OCCCCl)c2c1OCCO2. The molecule has 0 saturated heterocycles. The highest BCUT2D eigenvalue weighted by atomic mass is 35.5. The van der Waals surface area contributed by atoms with Crippen LogP contribution in [0.2, 0.25) is 0 Å². The zero-order chi connectivity index (χ0) is 13.0. The van der Waals surface area contributed by atoms with Gasteiger partial charge >= 0.3 is 0 Å². The molecule has 18 heavy (non-hydrogen) atoms. The largest absolute Gasteiger partial charge is 0.490 e. The minimum Gasteiger partial charge on any atom is -0.490 e. The molecule has 1 aliphatic heterocycles. The van der Waals surface area contributed by atoms with Gasteiger partial charge < -0.3 is 14.2 Å². The molecule has 0 spiro atoms. The summed E-state index contributed by atoms with van der Waals surface area (Å²) in [6, 6.07) is 3.43. The lowest BCUT2D eigenvalue weighted by Gasteiger charge is -2.22. The molecule has 0 radical (unpaired) electrons. The fourth-order valence-corrected chi connectivity index (χ4v) is 1.85. The van der Waals surface area contributed by atoms with E-state index >= 15 is 0 Å². The van der Waals surface area contributed by atoms with Gasteiger partial charge in [0.1, 0.15) is 13.2 Å². The fourth-order valence-electron chi connectivity index (χ4n) is 1.74. The first-order valence-corrected chi connectivity index (χ1v) is 6.39. The Bertz CT molecular complexity index is 445. The first-order chi connectivity index (χ1) is 8.74. The van der Waals surface area contributed by atoms with Crippen LogP contribution in [0.15, 0.2) is 12.1 Å². The van der Waals surface area contributed by atoms with Gasteiger partial charge in [-0.15, -0.1) is 11.6 Å². The van der Waals surface area contributed by atoms with Gasteiger partial charge in [0.15, 0.2) is 17.3 Å². The van der Waals surface area contributed by atoms with Crippen molar-refractivity contribution in [2.45, 2.75) is 13.3 Å². The monoisotopic (exact) mass is 270 g/mol. The van der Waals surface area contributed by atoms with Gasteiger partial charge in [0, 0.05) is 5.88 Å². The number of ether oxygens (including phenoxy) is 3. The lowest BCUT2D eigenvalue weighted by molar-refractivity contribution is 0.100. The van der Waals surface area contributed by atoms with Crippen LogP contribution in [0.3, 0.4) is 0 Å². The average Bonchev–Trinajstić information content (AvgIpc) is 2.38. The Morgan fingerprint density at radius 3 is 2.72 bits per heavy atom. The molecule has 4 nitrogen and oxygen atoms in total. The van der Waals surface area contributed by atoms with E-state index in [1.807, 2.05) is 0 Å². The number of ketones is 1. The van der Waals surface area contributed by atoms with E-state index in [9.17, 15) is 4.79 Å². The molecule has 0 aliphatic carbocycles. The third kappa shape index (κ3) is 2.70. The van der Waals surface area contributed by atoms with E-state index in [2.05, 4.69) is 0 Å². The first kappa shape index (κ1) is 13.0. The number of Topliss-reactive ketones (excluding diaryl/α,β-unsaturated/α-hetero) is 1. The minimum absolute atomic E-state index is 0.0518. The Morgan fingerprint density at radius 1 is 1.33 bits per heavy atom. The van der Waals surface area contributed by atoms with Crippen LogP contribution < -0.4 is 14.2 Å². The number of hydrogen-bond donors (Lipinski definition) is 0. The number of rotatable bonds is 5. The molecular weight excluding hydrogens is 256 g/mol. The average molecular weight is 271 g/mol. The summed E-state index contributed by atoms with van der Waals surface area (Å²) in [5, 5.41) is 0. The number of carbonyl (C=O) groups excluding carboxylic acids is 1. The molecular formula is C13H15ClO4. The van der Waals surface area contributed by atoms with E-state index in [1.165, 1.54) is 6.92 Å². The third-order valence-electron chi connectivity index (χ3n) is 2.57. The number of fused-ring (bicyclic) bond motifs is 1. The van der Waals surface area contributed by atoms with E-state index in [1.54, 1.807) is 12.1 Å². The smallest absolute Gasteiger partial charge is 0.204 e. The predicted octanol–water partition coefficient (Wildman–Crippen LogP) is 2.67. The second kappa shape index (κ2) is 5.96. The molecule has 0 amide bonds. The van der Waals surface area contributed by atoms with Crippen molar-refractivity contribution in [2.24, 2.45) is 0 Å². The van der Waals surface area contributed by atoms with Crippen LogP contribution in [0, 0.1) is 0 Å². The standard InChI is InChI=1S/C13H15ClO4/c1-9(15)10-3-4-11(16-6-2-5-14)13-12(10)17-7-8-18-13/h3-4H,2,5-8H2,1H3. The minimum atomic E-state index is -0.0518. The Kier molecular flexibility index (Phi) is 4.31. The maximum Gasteiger partial charge on any atom is 0.204 e. The van der Waals surface area contributed by atoms with Gasteiger partial charge in [0.25, 0.3) is 0 Å². The molecule has 0 fully saturated rings. The maximum atomic E-state index is 11.5. The number of halogens is 1. The summed E-state index contributed by atoms with van der Waals surface area (Å²) in [5.41, 5.74) is 0.523. The Hall–Kier alpha value is -1.42. The summed E-state index contributed by atoms with van der Waals surface area (Å²) in [6.45, 7) is 2.92. The molecule has 1 aromatic carbocycles. The van der Waals surface area contributed by atoms with E-state index in [0.29, 0.717) is 48.5 Å². The van der Waals surface area contributed by atoms with Gasteiger partial charge in [-0.2, -0.15) is 0 Å². The number of hydrogen-bond acceptors (Lipinski definition) is 4. The second-order valence-corrected chi connectivity index (χ2v) is 4.29. The molecule has 1 aromatic rings. The Morgan fingerprint density at radius 2 is 2.06 bits per heavy atom. The zero-order valence-electron chi connectivity index (χ0n) is 10.2. The molecule has 0 saturated carbocycles. The van der Waals surface area contributed by atoms with Gasteiger partial charge in [0.05, 0.1) is 12.2 Å². The van der Waals surface area contributed by atoms with Gasteiger partial charge in [0.2, 0.25) is 5.75 Å². The summed E-state index contributed by atoms with van der Waals surface area (Å²) in [5.74, 6) is 2.09. The molecule has 0 bridgehead atoms. The Labute approximate surface area is 111 Å². The molecule has 2 rings (SSSR count). The van der Waals surface area contributed by atoms with E-state index in [4.69, 9.17) is 25.8 Å². The number of benzene rings is 1. The quantitative estimate of drug-likeness (QED) is 0.469. The van der Waals surface area contributed by atoms with Crippen molar-refractivity contribution in [3.63, 3.8) is 0 Å². The lowest BCUT2D eigenvalue weighted by atomic mass is 10.1. The summed E-state index contributed by atoms with van der Waals surface area (Å²) >= 11 is 5.60. The van der Waals surface area contributed by atoms with Crippen LogP contribution in [0.5, 0.6) is 17.2 Å². The van der Waals surface area contributed by atoms with Crippen LogP contribution in [0.4, 0.5) is 0 Å². The van der Waals surface area contributed by atoms with Gasteiger partial charge in [-0.25, -0.2) is 0 Å². The van der Waals surface area contributed by atoms with Gasteiger partial charge in [-0.3, -0.25) is 4.79 Å². The molecule has 5 heteroatoms. The summed E-state index contributed by atoms with van der Waals surface area (Å²) in [6.07, 6.45) is 0.756. The highest BCUT2D eigenvalue weighted by Crippen LogP contribution is 2.42. The summed E-state index contributed by atoms with van der Waals surface area (Å²) in [7, 11) is 0. The molecule has 1 aliphatic rings. The summed E-state index contributed by atoms with van der Waals surface area (Å²) < 4.78 is 16.6. The van der Waals surface area contributed by atoms with Gasteiger partial charge in [-0.1, -0.05) is 0 Å². The highest BCUT2D eigenvalue weighted by molar-refractivity contribution is 6.17. The third-order valence-corrected chi connectivity index (χ3v) is 2.83. The lowest BCUT2D eigenvalue weighted by Crippen LogP contribution is -2.18. The maximum absolute atomic E-state index is 11.5. The Balaban J connectivity index is 2.29. The summed E-state index contributed by atoms with van der Waals surface area (Å²) in [4.78, 5) is 11.5. The topological polar surface area (TPSA) is 44.8 Å². The zero-order valence-corrected chi connectivity index (χ0v) is 11.0. The molecule has 0 aromatic heterocycles. The van der Waals surface area contributed by atoms with Crippen molar-refractivity contribution in [1.82, 2.24) is 0 Å². The molecule has 1 heterocycles. The van der Waals surface area contributed by atoms with Crippen LogP contribution in [0.1, 0.15) is 23.7 Å². The highest BCUT2D eigenvalue weighted by Gasteiger charge is 2.22. The number of alkyl halides is 1. The van der Waals surface area contributed by atoms with Crippen LogP contribution >= 0.6 is 11.6 Å². The molecule has 0 atom stereocenters. The van der Waals surface area contributed by atoms with E-state index in [-0.39, 0.29) is 5.78 Å². The van der Waals surface area contributed by atoms with Crippen LogP contribution in [-0.4, -0.2) is 31.5 Å². The molecule has 0 unspecified atom stereocenters. The van der Waals surface area contributed by atoms with E-state index in [0.717, 1.165) is 6.42 Å². The van der Waals surface area contributed by atoms with Crippen molar-refractivity contribution in [3.8, 4) is 17.2 Å². The van der Waals surface area contributed by atoms with E-state index < -0.39 is 0 Å². The second-order valence-electron chi connectivity index (χ2n) is 3.91. The van der Waals surface area contributed by atoms with Crippen molar-refractivity contribution >= 4 is 17.4 Å². The fraction of sp³-hybridized carbons (Fsp3) is 0.462. The molecule has 98 valence electrons. The predicted molar refractivity (Wildman–Crippen MR) is 68.3 cm³/mol.